The highest BCUT2D eigenvalue weighted by atomic mass is 32.2. The Labute approximate surface area is 91.8 Å². The number of hydrogen-bond donors (Lipinski definition) is 0. The zero-order valence-electron chi connectivity index (χ0n) is 8.06. The summed E-state index contributed by atoms with van der Waals surface area (Å²) in [5.74, 6) is 1.15. The highest BCUT2D eigenvalue weighted by molar-refractivity contribution is 7.99. The van der Waals surface area contributed by atoms with Crippen LogP contribution in [0.25, 0.3) is 10.2 Å². The van der Waals surface area contributed by atoms with E-state index in [-0.39, 0.29) is 0 Å². The lowest BCUT2D eigenvalue weighted by Gasteiger charge is -1.99. The van der Waals surface area contributed by atoms with E-state index in [0.29, 0.717) is 0 Å². The summed E-state index contributed by atoms with van der Waals surface area (Å²) in [6.07, 6.45) is 4.15. The van der Waals surface area contributed by atoms with Gasteiger partial charge in [0.2, 0.25) is 0 Å². The minimum absolute atomic E-state index is 1.07. The van der Waals surface area contributed by atoms with Gasteiger partial charge in [-0.3, -0.25) is 0 Å². The van der Waals surface area contributed by atoms with E-state index in [2.05, 4.69) is 22.3 Å². The number of thioether (sulfide) groups is 1. The number of thiophene rings is 1. The molecule has 0 aliphatic carbocycles. The summed E-state index contributed by atoms with van der Waals surface area (Å²) in [4.78, 5) is 8.53. The van der Waals surface area contributed by atoms with Crippen molar-refractivity contribution in [2.24, 2.45) is 0 Å². The van der Waals surface area contributed by atoms with Crippen molar-refractivity contribution in [2.75, 3.05) is 5.75 Å². The molecule has 0 bridgehead atoms. The van der Waals surface area contributed by atoms with E-state index in [1.54, 1.807) is 17.7 Å². The highest BCUT2D eigenvalue weighted by Crippen LogP contribution is 2.28. The van der Waals surface area contributed by atoms with Crippen molar-refractivity contribution >= 4 is 33.3 Å². The molecule has 0 aliphatic rings. The summed E-state index contributed by atoms with van der Waals surface area (Å²) in [5.41, 5.74) is 1.07. The fraction of sp³-hybridized carbons (Fsp3) is 0.400. The molecule has 2 heterocycles. The Balaban J connectivity index is 2.19. The van der Waals surface area contributed by atoms with Gasteiger partial charge in [0.15, 0.2) is 0 Å². The second-order valence-corrected chi connectivity index (χ2v) is 5.02. The minimum Gasteiger partial charge on any atom is -0.235 e. The number of fused-ring (bicyclic) bond motifs is 1. The molecule has 0 atom stereocenters. The molecule has 0 aliphatic heterocycles. The van der Waals surface area contributed by atoms with Crippen LogP contribution in [-0.4, -0.2) is 15.7 Å². The van der Waals surface area contributed by atoms with Crippen molar-refractivity contribution in [3.05, 3.63) is 17.8 Å². The second-order valence-electron chi connectivity index (χ2n) is 3.02. The van der Waals surface area contributed by atoms with Gasteiger partial charge in [-0.2, -0.15) is 0 Å². The lowest BCUT2D eigenvalue weighted by molar-refractivity contribution is 0.895. The van der Waals surface area contributed by atoms with Gasteiger partial charge in [0.25, 0.3) is 0 Å². The molecule has 14 heavy (non-hydrogen) atoms. The topological polar surface area (TPSA) is 25.8 Å². The van der Waals surface area contributed by atoms with Crippen LogP contribution in [0.5, 0.6) is 0 Å². The fourth-order valence-electron chi connectivity index (χ4n) is 1.18. The van der Waals surface area contributed by atoms with E-state index in [9.17, 15) is 0 Å². The van der Waals surface area contributed by atoms with Gasteiger partial charge >= 0.3 is 0 Å². The molecule has 0 unspecified atom stereocenters. The first kappa shape index (κ1) is 9.93. The molecule has 2 aromatic heterocycles. The van der Waals surface area contributed by atoms with Gasteiger partial charge in [-0.25, -0.2) is 9.97 Å². The normalized spacial score (nSPS) is 10.9. The summed E-state index contributed by atoms with van der Waals surface area (Å²) in [5, 5.41) is 3.21. The largest absolute Gasteiger partial charge is 0.235 e. The number of unbranched alkanes of at least 4 members (excludes halogenated alkanes) is 1. The van der Waals surface area contributed by atoms with Gasteiger partial charge in [0.05, 0.1) is 10.2 Å². The zero-order valence-corrected chi connectivity index (χ0v) is 9.70. The fourth-order valence-corrected chi connectivity index (χ4v) is 3.22. The summed E-state index contributed by atoms with van der Waals surface area (Å²) in [6, 6.07) is 2.05. The van der Waals surface area contributed by atoms with E-state index < -0.39 is 0 Å². The summed E-state index contributed by atoms with van der Waals surface area (Å²) in [6.45, 7) is 2.21. The van der Waals surface area contributed by atoms with Crippen LogP contribution in [0.15, 0.2) is 22.8 Å². The molecule has 0 saturated carbocycles. The molecule has 0 radical (unpaired) electrons. The van der Waals surface area contributed by atoms with Crippen LogP contribution < -0.4 is 0 Å². The van der Waals surface area contributed by atoms with E-state index in [0.717, 1.165) is 16.3 Å². The van der Waals surface area contributed by atoms with Crippen LogP contribution in [0.4, 0.5) is 0 Å². The Morgan fingerprint density at radius 2 is 2.36 bits per heavy atom. The van der Waals surface area contributed by atoms with Crippen molar-refractivity contribution in [1.29, 1.82) is 0 Å². The van der Waals surface area contributed by atoms with E-state index in [4.69, 9.17) is 0 Å². The molecule has 0 fully saturated rings. The third-order valence-corrected chi connectivity index (χ3v) is 4.06. The molecule has 74 valence electrons. The number of nitrogens with zero attached hydrogens (tertiary/aromatic N) is 2. The smallest absolute Gasteiger partial charge is 0.117 e. The van der Waals surface area contributed by atoms with Crippen LogP contribution in [0.2, 0.25) is 0 Å². The maximum absolute atomic E-state index is 4.31. The molecule has 4 heteroatoms. The summed E-state index contributed by atoms with van der Waals surface area (Å²) >= 11 is 3.56. The van der Waals surface area contributed by atoms with Gasteiger partial charge in [-0.1, -0.05) is 13.3 Å². The molecular formula is C10H12N2S2. The number of aromatic nitrogens is 2. The van der Waals surface area contributed by atoms with E-state index >= 15 is 0 Å². The zero-order chi connectivity index (χ0) is 9.80. The third kappa shape index (κ3) is 2.07. The predicted molar refractivity (Wildman–Crippen MR) is 63.0 cm³/mol. The molecule has 2 nitrogen and oxygen atoms in total. The summed E-state index contributed by atoms with van der Waals surface area (Å²) < 4.78 is 1.23. The van der Waals surface area contributed by atoms with Crippen LogP contribution in [-0.2, 0) is 0 Å². The summed E-state index contributed by atoms with van der Waals surface area (Å²) in [7, 11) is 0. The Morgan fingerprint density at radius 3 is 3.21 bits per heavy atom. The van der Waals surface area contributed by atoms with Crippen molar-refractivity contribution < 1.29 is 0 Å². The van der Waals surface area contributed by atoms with Crippen LogP contribution >= 0.6 is 23.1 Å². The second kappa shape index (κ2) is 4.75. The first-order chi connectivity index (χ1) is 6.92. The Hall–Kier alpha value is -0.610. The third-order valence-electron chi connectivity index (χ3n) is 1.95. The van der Waals surface area contributed by atoms with Crippen molar-refractivity contribution in [1.82, 2.24) is 9.97 Å². The van der Waals surface area contributed by atoms with Gasteiger partial charge < -0.3 is 0 Å². The van der Waals surface area contributed by atoms with E-state index in [1.807, 2.05) is 17.8 Å². The molecule has 0 spiro atoms. The SMILES string of the molecule is CCCCSc1ncnc2ccsc12. The van der Waals surface area contributed by atoms with Crippen molar-refractivity contribution in [3.63, 3.8) is 0 Å². The van der Waals surface area contributed by atoms with Gasteiger partial charge in [0, 0.05) is 0 Å². The minimum atomic E-state index is 1.07. The quantitative estimate of drug-likeness (QED) is 0.451. The standard InChI is InChI=1S/C10H12N2S2/c1-2-3-5-14-10-9-8(4-6-13-9)11-7-12-10/h4,6-7H,2-3,5H2,1H3. The molecule has 2 rings (SSSR count). The molecule has 2 aromatic rings. The van der Waals surface area contributed by atoms with E-state index in [1.165, 1.54) is 17.5 Å². The molecular weight excluding hydrogens is 212 g/mol. The molecule has 0 saturated heterocycles. The van der Waals surface area contributed by atoms with Crippen LogP contribution in [0.3, 0.4) is 0 Å². The van der Waals surface area contributed by atoms with Gasteiger partial charge in [-0.15, -0.1) is 23.1 Å². The Kier molecular flexibility index (Phi) is 3.37. The monoisotopic (exact) mass is 224 g/mol. The first-order valence-electron chi connectivity index (χ1n) is 4.73. The van der Waals surface area contributed by atoms with Crippen molar-refractivity contribution in [2.45, 2.75) is 24.8 Å². The van der Waals surface area contributed by atoms with Gasteiger partial charge in [0.1, 0.15) is 11.4 Å². The van der Waals surface area contributed by atoms with Gasteiger partial charge in [-0.05, 0) is 23.6 Å². The lowest BCUT2D eigenvalue weighted by Crippen LogP contribution is -1.84. The number of rotatable bonds is 4. The first-order valence-corrected chi connectivity index (χ1v) is 6.59. The molecule has 0 amide bonds. The maximum Gasteiger partial charge on any atom is 0.117 e. The van der Waals surface area contributed by atoms with Crippen LogP contribution in [0.1, 0.15) is 19.8 Å². The lowest BCUT2D eigenvalue weighted by atomic mass is 10.4. The predicted octanol–water partition coefficient (Wildman–Crippen LogP) is 3.58. The maximum atomic E-state index is 4.31. The van der Waals surface area contributed by atoms with Crippen LogP contribution in [0, 0.1) is 0 Å². The number of hydrogen-bond acceptors (Lipinski definition) is 4. The van der Waals surface area contributed by atoms with Crippen molar-refractivity contribution in [3.8, 4) is 0 Å². The average molecular weight is 224 g/mol. The molecule has 0 aromatic carbocycles. The molecule has 0 N–H and O–H groups in total. The highest BCUT2D eigenvalue weighted by Gasteiger charge is 2.04. The Bertz CT molecular complexity index is 411. The Morgan fingerprint density at radius 1 is 1.43 bits per heavy atom. The average Bonchev–Trinajstić information content (AvgIpc) is 2.67.